The number of benzene rings is 2. The fourth-order valence-electron chi connectivity index (χ4n) is 3.73. The number of nitrogens with one attached hydrogen (secondary N) is 1. The molecule has 2 aromatic carbocycles. The van der Waals surface area contributed by atoms with E-state index >= 15 is 0 Å². The Morgan fingerprint density at radius 1 is 1.06 bits per heavy atom. The SMILES string of the molecule is CCOC(=O)c1c(NC(=O)c2cccc(Oc3ccccc3)c2)sc2c1CCN(CC)C2.Cl. The topological polar surface area (TPSA) is 67.9 Å². The molecule has 0 aliphatic carbocycles. The van der Waals surface area contributed by atoms with E-state index in [4.69, 9.17) is 9.47 Å². The summed E-state index contributed by atoms with van der Waals surface area (Å²) in [6.07, 6.45) is 0.768. The Bertz CT molecular complexity index is 1120. The minimum atomic E-state index is -0.383. The molecule has 33 heavy (non-hydrogen) atoms. The molecule has 2 heterocycles. The van der Waals surface area contributed by atoms with Gasteiger partial charge < -0.3 is 14.8 Å². The third-order valence-corrected chi connectivity index (χ3v) is 6.50. The smallest absolute Gasteiger partial charge is 0.341 e. The number of anilines is 1. The maximum Gasteiger partial charge on any atom is 0.341 e. The zero-order valence-corrected chi connectivity index (χ0v) is 20.3. The molecule has 0 fully saturated rings. The van der Waals surface area contributed by atoms with Gasteiger partial charge >= 0.3 is 5.97 Å². The molecule has 0 unspecified atom stereocenters. The van der Waals surface area contributed by atoms with Crippen molar-refractivity contribution in [3.8, 4) is 11.5 Å². The summed E-state index contributed by atoms with van der Waals surface area (Å²) in [6, 6.07) is 16.4. The van der Waals surface area contributed by atoms with Gasteiger partial charge in [0.2, 0.25) is 0 Å². The van der Waals surface area contributed by atoms with Crippen LogP contribution in [0.15, 0.2) is 54.6 Å². The Morgan fingerprint density at radius 3 is 2.55 bits per heavy atom. The molecule has 1 amide bonds. The van der Waals surface area contributed by atoms with Gasteiger partial charge in [0, 0.05) is 23.5 Å². The number of amides is 1. The van der Waals surface area contributed by atoms with Crippen molar-refractivity contribution in [1.82, 2.24) is 4.90 Å². The summed E-state index contributed by atoms with van der Waals surface area (Å²) in [7, 11) is 0. The van der Waals surface area contributed by atoms with Crippen LogP contribution in [0.5, 0.6) is 11.5 Å². The van der Waals surface area contributed by atoms with Crippen molar-refractivity contribution in [2.45, 2.75) is 26.8 Å². The number of carbonyl (C=O) groups is 2. The highest BCUT2D eigenvalue weighted by molar-refractivity contribution is 7.17. The second-order valence-electron chi connectivity index (χ2n) is 7.44. The Morgan fingerprint density at radius 2 is 1.82 bits per heavy atom. The summed E-state index contributed by atoms with van der Waals surface area (Å²) >= 11 is 1.46. The van der Waals surface area contributed by atoms with Crippen LogP contribution < -0.4 is 10.1 Å². The summed E-state index contributed by atoms with van der Waals surface area (Å²) < 4.78 is 11.1. The van der Waals surface area contributed by atoms with Crippen molar-refractivity contribution >= 4 is 40.6 Å². The lowest BCUT2D eigenvalue weighted by atomic mass is 10.0. The molecule has 0 atom stereocenters. The van der Waals surface area contributed by atoms with Gasteiger partial charge in [0.05, 0.1) is 12.2 Å². The quantitative estimate of drug-likeness (QED) is 0.429. The molecule has 0 saturated carbocycles. The second kappa shape index (κ2) is 11.3. The van der Waals surface area contributed by atoms with E-state index in [0.717, 1.165) is 36.5 Å². The van der Waals surface area contributed by atoms with E-state index in [-0.39, 0.29) is 30.9 Å². The minimum Gasteiger partial charge on any atom is -0.462 e. The average Bonchev–Trinajstić information content (AvgIpc) is 3.17. The fraction of sp³-hybridized carbons (Fsp3) is 0.280. The van der Waals surface area contributed by atoms with Crippen molar-refractivity contribution in [2.75, 3.05) is 25.0 Å². The number of hydrogen-bond donors (Lipinski definition) is 1. The fourth-order valence-corrected chi connectivity index (χ4v) is 5.01. The zero-order chi connectivity index (χ0) is 22.5. The van der Waals surface area contributed by atoms with Gasteiger partial charge in [0.15, 0.2) is 0 Å². The minimum absolute atomic E-state index is 0. The van der Waals surface area contributed by atoms with Gasteiger partial charge in [-0.25, -0.2) is 4.79 Å². The first-order chi connectivity index (χ1) is 15.6. The zero-order valence-electron chi connectivity index (χ0n) is 18.6. The van der Waals surface area contributed by atoms with Gasteiger partial charge in [0.1, 0.15) is 16.5 Å². The molecule has 0 radical (unpaired) electrons. The highest BCUT2D eigenvalue weighted by atomic mass is 35.5. The van der Waals surface area contributed by atoms with Crippen molar-refractivity contribution in [2.24, 2.45) is 0 Å². The lowest BCUT2D eigenvalue weighted by Crippen LogP contribution is -2.30. The van der Waals surface area contributed by atoms with E-state index < -0.39 is 0 Å². The number of ether oxygens (including phenoxy) is 2. The van der Waals surface area contributed by atoms with Gasteiger partial charge in [-0.05, 0) is 55.8 Å². The molecule has 1 aliphatic rings. The number of carbonyl (C=O) groups excluding carboxylic acids is 2. The monoisotopic (exact) mass is 486 g/mol. The average molecular weight is 487 g/mol. The molecule has 1 N–H and O–H groups in total. The number of para-hydroxylation sites is 1. The summed E-state index contributed by atoms with van der Waals surface area (Å²) in [5.41, 5.74) is 1.94. The van der Waals surface area contributed by atoms with Crippen molar-refractivity contribution < 1.29 is 19.1 Å². The first-order valence-corrected chi connectivity index (χ1v) is 11.6. The van der Waals surface area contributed by atoms with E-state index in [1.807, 2.05) is 30.3 Å². The number of nitrogens with zero attached hydrogens (tertiary/aromatic N) is 1. The lowest BCUT2D eigenvalue weighted by molar-refractivity contribution is 0.0526. The van der Waals surface area contributed by atoms with Gasteiger partial charge in [0.25, 0.3) is 5.91 Å². The number of rotatable bonds is 7. The molecular formula is C25H27ClN2O4S. The van der Waals surface area contributed by atoms with Crippen LogP contribution >= 0.6 is 23.7 Å². The van der Waals surface area contributed by atoms with E-state index in [2.05, 4.69) is 17.1 Å². The lowest BCUT2D eigenvalue weighted by Gasteiger charge is -2.25. The van der Waals surface area contributed by atoms with Crippen LogP contribution in [0.25, 0.3) is 0 Å². The summed E-state index contributed by atoms with van der Waals surface area (Å²) in [5, 5.41) is 3.50. The number of likely N-dealkylation sites (N-methyl/N-ethyl adjacent to an activating group) is 1. The molecule has 1 aromatic heterocycles. The molecule has 8 heteroatoms. The Kier molecular flexibility index (Phi) is 8.49. The summed E-state index contributed by atoms with van der Waals surface area (Å²) in [5.74, 6) is 0.589. The van der Waals surface area contributed by atoms with E-state index in [1.165, 1.54) is 11.3 Å². The third kappa shape index (κ3) is 5.74. The molecule has 3 aromatic rings. The van der Waals surface area contributed by atoms with Crippen molar-refractivity contribution in [3.05, 3.63) is 76.2 Å². The Hall–Kier alpha value is -2.87. The maximum absolute atomic E-state index is 13.1. The highest BCUT2D eigenvalue weighted by Gasteiger charge is 2.29. The number of esters is 1. The van der Waals surface area contributed by atoms with Crippen molar-refractivity contribution in [1.29, 1.82) is 0 Å². The standard InChI is InChI=1S/C25H26N2O4S.ClH/c1-3-27-14-13-20-21(16-27)32-24(22(20)25(29)30-4-2)26-23(28)17-9-8-12-19(15-17)31-18-10-6-5-7-11-18;/h5-12,15H,3-4,13-14,16H2,1-2H3,(H,26,28);1H. The highest BCUT2D eigenvalue weighted by Crippen LogP contribution is 2.38. The van der Waals surface area contributed by atoms with Gasteiger partial charge in [-0.1, -0.05) is 31.2 Å². The third-order valence-electron chi connectivity index (χ3n) is 5.36. The number of halogens is 1. The number of hydrogen-bond acceptors (Lipinski definition) is 6. The van der Waals surface area contributed by atoms with Gasteiger partial charge in [-0.15, -0.1) is 23.7 Å². The maximum atomic E-state index is 13.1. The number of thiophene rings is 1. The van der Waals surface area contributed by atoms with Crippen LogP contribution in [0.2, 0.25) is 0 Å². The molecule has 1 aliphatic heterocycles. The van der Waals surface area contributed by atoms with Crippen LogP contribution in [0.4, 0.5) is 5.00 Å². The molecule has 0 bridgehead atoms. The first kappa shape index (κ1) is 24.8. The predicted molar refractivity (Wildman–Crippen MR) is 133 cm³/mol. The van der Waals surface area contributed by atoms with Crippen LogP contribution in [0.3, 0.4) is 0 Å². The predicted octanol–water partition coefficient (Wildman–Crippen LogP) is 5.77. The van der Waals surface area contributed by atoms with E-state index in [1.54, 1.807) is 31.2 Å². The molecule has 4 rings (SSSR count). The molecular weight excluding hydrogens is 460 g/mol. The largest absolute Gasteiger partial charge is 0.462 e. The Labute approximate surface area is 203 Å². The summed E-state index contributed by atoms with van der Waals surface area (Å²) in [4.78, 5) is 29.2. The Balaban J connectivity index is 0.00000306. The summed E-state index contributed by atoms with van der Waals surface area (Å²) in [6.45, 7) is 6.81. The van der Waals surface area contributed by atoms with Crippen molar-refractivity contribution in [3.63, 3.8) is 0 Å². The van der Waals surface area contributed by atoms with E-state index in [9.17, 15) is 9.59 Å². The normalized spacial score (nSPS) is 12.9. The van der Waals surface area contributed by atoms with Crippen LogP contribution in [0, 0.1) is 0 Å². The molecule has 0 saturated heterocycles. The second-order valence-corrected chi connectivity index (χ2v) is 8.55. The van der Waals surface area contributed by atoms with E-state index in [0.29, 0.717) is 27.6 Å². The number of fused-ring (bicyclic) bond motifs is 1. The molecule has 174 valence electrons. The first-order valence-electron chi connectivity index (χ1n) is 10.8. The van der Waals surface area contributed by atoms with Crippen LogP contribution in [-0.4, -0.2) is 36.5 Å². The molecule has 6 nitrogen and oxygen atoms in total. The van der Waals surface area contributed by atoms with Gasteiger partial charge in [-0.3, -0.25) is 9.69 Å². The molecule has 0 spiro atoms. The van der Waals surface area contributed by atoms with Crippen LogP contribution in [-0.2, 0) is 17.7 Å². The van der Waals surface area contributed by atoms with Gasteiger partial charge in [-0.2, -0.15) is 0 Å². The van der Waals surface area contributed by atoms with Crippen LogP contribution in [0.1, 0.15) is 45.0 Å².